The summed E-state index contributed by atoms with van der Waals surface area (Å²) in [6.07, 6.45) is 0.445. The molecule has 0 N–H and O–H groups in total. The molecule has 1 amide bonds. The molecule has 1 aliphatic heterocycles. The second-order valence-corrected chi connectivity index (χ2v) is 5.85. The molecule has 0 spiro atoms. The van der Waals surface area contributed by atoms with Gasteiger partial charge < -0.3 is 14.2 Å². The van der Waals surface area contributed by atoms with E-state index in [1.165, 1.54) is 4.90 Å². The number of rotatable bonds is 4. The molecule has 0 aromatic heterocycles. The van der Waals surface area contributed by atoms with E-state index in [0.29, 0.717) is 19.4 Å². The van der Waals surface area contributed by atoms with Crippen LogP contribution in [-0.4, -0.2) is 60.6 Å². The minimum absolute atomic E-state index is 0.375. The third kappa shape index (κ3) is 5.01. The summed E-state index contributed by atoms with van der Waals surface area (Å²) >= 11 is 0. The van der Waals surface area contributed by atoms with Gasteiger partial charge in [-0.3, -0.25) is 9.69 Å². The molecule has 0 saturated carbocycles. The zero-order chi connectivity index (χ0) is 16.9. The largest absolute Gasteiger partial charge is 0.463 e. The van der Waals surface area contributed by atoms with Crippen LogP contribution in [0.3, 0.4) is 0 Å². The van der Waals surface area contributed by atoms with Gasteiger partial charge in [0.15, 0.2) is 6.61 Å². The minimum atomic E-state index is -1.08. The van der Waals surface area contributed by atoms with Crippen LogP contribution in [0.25, 0.3) is 0 Å². The van der Waals surface area contributed by atoms with E-state index in [9.17, 15) is 19.2 Å². The smallest absolute Gasteiger partial charge is 0.411 e. The Morgan fingerprint density at radius 1 is 1.18 bits per heavy atom. The molecule has 22 heavy (non-hydrogen) atoms. The molecule has 1 aliphatic rings. The number of esters is 2. The number of carbonyl (C=O) groups is 4. The molecule has 8 heteroatoms. The van der Waals surface area contributed by atoms with Gasteiger partial charge in [-0.15, -0.1) is 0 Å². The topological polar surface area (TPSA) is 99.2 Å². The van der Waals surface area contributed by atoms with Crippen molar-refractivity contribution in [1.29, 1.82) is 0 Å². The van der Waals surface area contributed by atoms with Crippen LogP contribution in [0.15, 0.2) is 0 Å². The van der Waals surface area contributed by atoms with E-state index in [4.69, 9.17) is 9.47 Å². The molecule has 1 rings (SSSR count). The van der Waals surface area contributed by atoms with Crippen molar-refractivity contribution < 1.29 is 33.4 Å². The van der Waals surface area contributed by atoms with Gasteiger partial charge in [0.05, 0.1) is 7.11 Å². The van der Waals surface area contributed by atoms with Crippen LogP contribution in [0.4, 0.5) is 4.79 Å². The summed E-state index contributed by atoms with van der Waals surface area (Å²) in [6, 6.07) is -0.805. The highest BCUT2D eigenvalue weighted by molar-refractivity contribution is 6.34. The van der Waals surface area contributed by atoms with Gasteiger partial charge in [-0.1, -0.05) is 0 Å². The van der Waals surface area contributed by atoms with Gasteiger partial charge >= 0.3 is 18.0 Å². The van der Waals surface area contributed by atoms with Crippen molar-refractivity contribution in [2.24, 2.45) is 0 Å². The van der Waals surface area contributed by atoms with Crippen molar-refractivity contribution in [2.75, 3.05) is 20.3 Å². The second kappa shape index (κ2) is 7.24. The summed E-state index contributed by atoms with van der Waals surface area (Å²) in [5, 5.41) is 0. The first-order valence-electron chi connectivity index (χ1n) is 6.93. The standard InChI is InChI=1S/C14H21NO7/c1-14(2,3)22-13(19)15-7-5-6-9(15)11(17)21-8-10(16)12(18)20-4/h9H,5-8H2,1-4H3. The lowest BCUT2D eigenvalue weighted by molar-refractivity contribution is -0.159. The Balaban J connectivity index is 2.59. The molecule has 0 aromatic carbocycles. The number of hydrogen-bond donors (Lipinski definition) is 0. The lowest BCUT2D eigenvalue weighted by Crippen LogP contribution is -2.44. The molecular weight excluding hydrogens is 294 g/mol. The van der Waals surface area contributed by atoms with Crippen LogP contribution in [0.1, 0.15) is 33.6 Å². The summed E-state index contributed by atoms with van der Waals surface area (Å²) in [4.78, 5) is 47.4. The van der Waals surface area contributed by atoms with Gasteiger partial charge in [-0.2, -0.15) is 0 Å². The fraction of sp³-hybridized carbons (Fsp3) is 0.714. The predicted molar refractivity (Wildman–Crippen MR) is 73.9 cm³/mol. The van der Waals surface area contributed by atoms with Crippen molar-refractivity contribution in [3.05, 3.63) is 0 Å². The van der Waals surface area contributed by atoms with Gasteiger partial charge in [0.25, 0.3) is 5.78 Å². The molecule has 0 bridgehead atoms. The van der Waals surface area contributed by atoms with Crippen molar-refractivity contribution in [3.8, 4) is 0 Å². The Bertz CT molecular complexity index is 466. The van der Waals surface area contributed by atoms with E-state index in [1.807, 2.05) is 0 Å². The first-order valence-corrected chi connectivity index (χ1v) is 6.93. The van der Waals surface area contributed by atoms with Crippen molar-refractivity contribution in [3.63, 3.8) is 0 Å². The second-order valence-electron chi connectivity index (χ2n) is 5.85. The maximum absolute atomic E-state index is 12.0. The van der Waals surface area contributed by atoms with Crippen LogP contribution in [0.2, 0.25) is 0 Å². The molecular formula is C14H21NO7. The normalized spacial score (nSPS) is 17.8. The number of likely N-dealkylation sites (tertiary alicyclic amines) is 1. The van der Waals surface area contributed by atoms with Crippen molar-refractivity contribution in [1.82, 2.24) is 4.90 Å². The Kier molecular flexibility index (Phi) is 5.90. The number of hydrogen-bond acceptors (Lipinski definition) is 7. The Morgan fingerprint density at radius 2 is 1.82 bits per heavy atom. The number of methoxy groups -OCH3 is 1. The predicted octanol–water partition coefficient (Wildman–Crippen LogP) is 0.671. The fourth-order valence-electron chi connectivity index (χ4n) is 1.96. The third-order valence-corrected chi connectivity index (χ3v) is 2.91. The van der Waals surface area contributed by atoms with E-state index in [2.05, 4.69) is 4.74 Å². The maximum atomic E-state index is 12.0. The van der Waals surface area contributed by atoms with E-state index in [0.717, 1.165) is 7.11 Å². The monoisotopic (exact) mass is 315 g/mol. The minimum Gasteiger partial charge on any atom is -0.463 e. The maximum Gasteiger partial charge on any atom is 0.411 e. The molecule has 1 fully saturated rings. The molecule has 1 unspecified atom stereocenters. The van der Waals surface area contributed by atoms with Crippen LogP contribution in [-0.2, 0) is 28.6 Å². The number of carbonyl (C=O) groups excluding carboxylic acids is 4. The Hall–Kier alpha value is -2.12. The number of nitrogens with zero attached hydrogens (tertiary/aromatic N) is 1. The van der Waals surface area contributed by atoms with Gasteiger partial charge in [0, 0.05) is 6.54 Å². The van der Waals surface area contributed by atoms with Gasteiger partial charge in [0.1, 0.15) is 11.6 Å². The molecule has 0 radical (unpaired) electrons. The lowest BCUT2D eigenvalue weighted by atomic mass is 10.2. The van der Waals surface area contributed by atoms with Crippen molar-refractivity contribution >= 4 is 23.8 Å². The first-order chi connectivity index (χ1) is 10.2. The summed E-state index contributed by atoms with van der Waals surface area (Å²) in [7, 11) is 1.06. The molecule has 0 aliphatic carbocycles. The first kappa shape index (κ1) is 17.9. The lowest BCUT2D eigenvalue weighted by Gasteiger charge is -2.27. The summed E-state index contributed by atoms with van der Waals surface area (Å²) in [6.45, 7) is 4.85. The van der Waals surface area contributed by atoms with Gasteiger partial charge in [-0.25, -0.2) is 14.4 Å². The van der Waals surface area contributed by atoms with Gasteiger partial charge in [-0.05, 0) is 33.6 Å². The zero-order valence-corrected chi connectivity index (χ0v) is 13.2. The highest BCUT2D eigenvalue weighted by Crippen LogP contribution is 2.21. The molecule has 124 valence electrons. The van der Waals surface area contributed by atoms with E-state index in [1.54, 1.807) is 20.8 Å². The zero-order valence-electron chi connectivity index (χ0n) is 13.2. The van der Waals surface area contributed by atoms with Crippen LogP contribution < -0.4 is 0 Å². The van der Waals surface area contributed by atoms with Gasteiger partial charge in [0.2, 0.25) is 0 Å². The van der Waals surface area contributed by atoms with Crippen LogP contribution in [0.5, 0.6) is 0 Å². The summed E-state index contributed by atoms with van der Waals surface area (Å²) < 4.78 is 14.2. The fourth-order valence-corrected chi connectivity index (χ4v) is 1.96. The number of ether oxygens (including phenoxy) is 3. The molecule has 1 heterocycles. The van der Waals surface area contributed by atoms with E-state index >= 15 is 0 Å². The molecule has 1 atom stereocenters. The third-order valence-electron chi connectivity index (χ3n) is 2.91. The Labute approximate surface area is 128 Å². The number of Topliss-reactive ketones (excluding diaryl/α,β-unsaturated/α-hetero) is 1. The quantitative estimate of drug-likeness (QED) is 0.427. The average Bonchev–Trinajstić information content (AvgIpc) is 2.91. The van der Waals surface area contributed by atoms with Crippen LogP contribution >= 0.6 is 0 Å². The highest BCUT2D eigenvalue weighted by atomic mass is 16.6. The highest BCUT2D eigenvalue weighted by Gasteiger charge is 2.38. The Morgan fingerprint density at radius 3 is 2.36 bits per heavy atom. The van der Waals surface area contributed by atoms with E-state index < -0.39 is 42.1 Å². The van der Waals surface area contributed by atoms with Crippen molar-refractivity contribution in [2.45, 2.75) is 45.3 Å². The molecule has 1 saturated heterocycles. The number of ketones is 1. The molecule has 8 nitrogen and oxygen atoms in total. The summed E-state index contributed by atoms with van der Waals surface area (Å²) in [5.74, 6) is -2.78. The summed E-state index contributed by atoms with van der Waals surface area (Å²) in [5.41, 5.74) is -0.672. The molecule has 0 aromatic rings. The van der Waals surface area contributed by atoms with Crippen LogP contribution in [0, 0.1) is 0 Å². The SMILES string of the molecule is COC(=O)C(=O)COC(=O)C1CCCN1C(=O)OC(C)(C)C. The average molecular weight is 315 g/mol. The van der Waals surface area contributed by atoms with E-state index in [-0.39, 0.29) is 0 Å². The number of amides is 1.